The molecule has 132 valence electrons. The fourth-order valence-electron chi connectivity index (χ4n) is 2.01. The van der Waals surface area contributed by atoms with Crippen molar-refractivity contribution in [2.24, 2.45) is 0 Å². The zero-order valence-corrected chi connectivity index (χ0v) is 15.9. The van der Waals surface area contributed by atoms with Gasteiger partial charge < -0.3 is 20.1 Å². The summed E-state index contributed by atoms with van der Waals surface area (Å²) in [7, 11) is 1.49. The van der Waals surface area contributed by atoms with Crippen LogP contribution < -0.4 is 20.1 Å². The lowest BCUT2D eigenvalue weighted by atomic mass is 10.2. The van der Waals surface area contributed by atoms with Gasteiger partial charge in [0.2, 0.25) is 5.91 Å². The molecule has 0 heterocycles. The molecule has 0 saturated carbocycles. The summed E-state index contributed by atoms with van der Waals surface area (Å²) in [6, 6.07) is 9.94. The van der Waals surface area contributed by atoms with Crippen molar-refractivity contribution in [1.29, 1.82) is 0 Å². The summed E-state index contributed by atoms with van der Waals surface area (Å²) in [5.41, 5.74) is 0.975. The Kier molecular flexibility index (Phi) is 6.66. The minimum absolute atomic E-state index is 0.201. The molecule has 0 radical (unpaired) electrons. The van der Waals surface area contributed by atoms with Crippen molar-refractivity contribution >= 4 is 50.7 Å². The largest absolute Gasteiger partial charge is 0.495 e. The standard InChI is InChI=1S/C17H16BrClN2O4/c1-10(22)20-12-4-6-16(24-2)14(8-12)21-17(23)9-25-15-5-3-11(19)7-13(15)18/h3-8H,9H2,1-2H3,(H,20,22)(H,21,23). The maximum atomic E-state index is 12.1. The van der Waals surface area contributed by atoms with E-state index < -0.39 is 0 Å². The molecule has 2 amide bonds. The van der Waals surface area contributed by atoms with Crippen molar-refractivity contribution in [3.05, 3.63) is 45.9 Å². The molecule has 25 heavy (non-hydrogen) atoms. The van der Waals surface area contributed by atoms with Crippen LogP contribution in [0.2, 0.25) is 5.02 Å². The lowest BCUT2D eigenvalue weighted by Crippen LogP contribution is -2.20. The number of hydrogen-bond donors (Lipinski definition) is 2. The number of amides is 2. The Morgan fingerprint density at radius 3 is 2.48 bits per heavy atom. The molecule has 2 N–H and O–H groups in total. The average molecular weight is 428 g/mol. The Morgan fingerprint density at radius 1 is 1.12 bits per heavy atom. The van der Waals surface area contributed by atoms with Crippen molar-refractivity contribution in [3.63, 3.8) is 0 Å². The predicted octanol–water partition coefficient (Wildman–Crippen LogP) is 4.09. The van der Waals surface area contributed by atoms with Crippen LogP contribution in [-0.4, -0.2) is 25.5 Å². The Hall–Kier alpha value is -2.25. The molecule has 0 aliphatic carbocycles. The van der Waals surface area contributed by atoms with Gasteiger partial charge in [0.25, 0.3) is 5.91 Å². The lowest BCUT2D eigenvalue weighted by molar-refractivity contribution is -0.118. The summed E-state index contributed by atoms with van der Waals surface area (Å²) in [5.74, 6) is 0.382. The quantitative estimate of drug-likeness (QED) is 0.728. The number of benzene rings is 2. The third-order valence-electron chi connectivity index (χ3n) is 3.05. The van der Waals surface area contributed by atoms with Gasteiger partial charge in [-0.3, -0.25) is 9.59 Å². The molecular weight excluding hydrogens is 412 g/mol. The van der Waals surface area contributed by atoms with Gasteiger partial charge in [0, 0.05) is 17.6 Å². The molecule has 0 aromatic heterocycles. The number of halogens is 2. The fraction of sp³-hybridized carbons (Fsp3) is 0.176. The summed E-state index contributed by atoms with van der Waals surface area (Å²) >= 11 is 9.18. The number of rotatable bonds is 6. The van der Waals surface area contributed by atoms with E-state index in [1.807, 2.05) is 0 Å². The van der Waals surface area contributed by atoms with Crippen LogP contribution in [-0.2, 0) is 9.59 Å². The molecule has 0 aliphatic rings. The van der Waals surface area contributed by atoms with Crippen LogP contribution in [0.5, 0.6) is 11.5 Å². The zero-order valence-electron chi connectivity index (χ0n) is 13.6. The normalized spacial score (nSPS) is 10.1. The molecule has 0 unspecified atom stereocenters. The van der Waals surface area contributed by atoms with Gasteiger partial charge in [0.15, 0.2) is 6.61 Å². The number of carbonyl (C=O) groups is 2. The molecule has 2 aromatic carbocycles. The van der Waals surface area contributed by atoms with Gasteiger partial charge in [-0.05, 0) is 52.3 Å². The van der Waals surface area contributed by atoms with Gasteiger partial charge in [-0.2, -0.15) is 0 Å². The van der Waals surface area contributed by atoms with Crippen LogP contribution in [0, 0.1) is 0 Å². The van der Waals surface area contributed by atoms with E-state index in [0.29, 0.717) is 32.4 Å². The van der Waals surface area contributed by atoms with E-state index in [-0.39, 0.29) is 18.4 Å². The number of nitrogens with one attached hydrogen (secondary N) is 2. The minimum atomic E-state index is -0.375. The summed E-state index contributed by atoms with van der Waals surface area (Å²) in [4.78, 5) is 23.3. The minimum Gasteiger partial charge on any atom is -0.495 e. The van der Waals surface area contributed by atoms with E-state index >= 15 is 0 Å². The number of methoxy groups -OCH3 is 1. The molecule has 0 fully saturated rings. The lowest BCUT2D eigenvalue weighted by Gasteiger charge is -2.13. The Bertz CT molecular complexity index is 798. The highest BCUT2D eigenvalue weighted by Crippen LogP contribution is 2.29. The third kappa shape index (κ3) is 5.65. The van der Waals surface area contributed by atoms with Crippen LogP contribution in [0.25, 0.3) is 0 Å². The van der Waals surface area contributed by atoms with Crippen molar-refractivity contribution in [2.75, 3.05) is 24.4 Å². The predicted molar refractivity (Wildman–Crippen MR) is 101 cm³/mol. The summed E-state index contributed by atoms with van der Waals surface area (Å²) in [6.07, 6.45) is 0. The molecule has 2 aromatic rings. The maximum Gasteiger partial charge on any atom is 0.262 e. The topological polar surface area (TPSA) is 76.7 Å². The van der Waals surface area contributed by atoms with Gasteiger partial charge in [-0.15, -0.1) is 0 Å². The van der Waals surface area contributed by atoms with Crippen molar-refractivity contribution in [2.45, 2.75) is 6.92 Å². The molecule has 2 rings (SSSR count). The molecule has 0 saturated heterocycles. The first-order valence-corrected chi connectivity index (χ1v) is 8.39. The number of hydrogen-bond acceptors (Lipinski definition) is 4. The van der Waals surface area contributed by atoms with Gasteiger partial charge >= 0.3 is 0 Å². The summed E-state index contributed by atoms with van der Waals surface area (Å²) in [6.45, 7) is 1.20. The van der Waals surface area contributed by atoms with Gasteiger partial charge in [0.1, 0.15) is 11.5 Å². The highest BCUT2D eigenvalue weighted by Gasteiger charge is 2.11. The van der Waals surface area contributed by atoms with Gasteiger partial charge in [0.05, 0.1) is 17.3 Å². The first-order valence-electron chi connectivity index (χ1n) is 7.22. The van der Waals surface area contributed by atoms with Crippen LogP contribution in [0.3, 0.4) is 0 Å². The smallest absolute Gasteiger partial charge is 0.262 e. The number of anilines is 2. The molecule has 0 bridgehead atoms. The average Bonchev–Trinajstić information content (AvgIpc) is 2.54. The second kappa shape index (κ2) is 8.73. The van der Waals surface area contributed by atoms with Crippen LogP contribution in [0.15, 0.2) is 40.9 Å². The highest BCUT2D eigenvalue weighted by molar-refractivity contribution is 9.10. The van der Waals surface area contributed by atoms with Crippen molar-refractivity contribution in [3.8, 4) is 11.5 Å². The Balaban J connectivity index is 2.04. The van der Waals surface area contributed by atoms with Crippen molar-refractivity contribution < 1.29 is 19.1 Å². The molecule has 6 nitrogen and oxygen atoms in total. The SMILES string of the molecule is COc1ccc(NC(C)=O)cc1NC(=O)COc1ccc(Cl)cc1Br. The Labute approximate surface area is 158 Å². The molecule has 0 spiro atoms. The number of carbonyl (C=O) groups excluding carboxylic acids is 2. The molecule has 0 atom stereocenters. The van der Waals surface area contributed by atoms with Crippen LogP contribution in [0.1, 0.15) is 6.92 Å². The van der Waals surface area contributed by atoms with E-state index in [4.69, 9.17) is 21.1 Å². The molecular formula is C17H16BrClN2O4. The third-order valence-corrected chi connectivity index (χ3v) is 3.90. The molecule has 8 heteroatoms. The van der Waals surface area contributed by atoms with E-state index in [1.165, 1.54) is 14.0 Å². The Morgan fingerprint density at radius 2 is 1.84 bits per heavy atom. The monoisotopic (exact) mass is 426 g/mol. The summed E-state index contributed by atoms with van der Waals surface area (Å²) in [5, 5.41) is 5.90. The van der Waals surface area contributed by atoms with E-state index in [2.05, 4.69) is 26.6 Å². The van der Waals surface area contributed by atoms with Crippen molar-refractivity contribution in [1.82, 2.24) is 0 Å². The maximum absolute atomic E-state index is 12.1. The number of ether oxygens (including phenoxy) is 2. The first kappa shape index (κ1) is 19.1. The van der Waals surface area contributed by atoms with E-state index in [1.54, 1.807) is 36.4 Å². The summed E-state index contributed by atoms with van der Waals surface area (Å²) < 4.78 is 11.3. The van der Waals surface area contributed by atoms with E-state index in [9.17, 15) is 9.59 Å². The van der Waals surface area contributed by atoms with E-state index in [0.717, 1.165) is 0 Å². The second-order valence-electron chi connectivity index (χ2n) is 5.01. The van der Waals surface area contributed by atoms with Crippen LogP contribution >= 0.6 is 27.5 Å². The fourth-order valence-corrected chi connectivity index (χ4v) is 2.81. The van der Waals surface area contributed by atoms with Gasteiger partial charge in [-0.25, -0.2) is 0 Å². The second-order valence-corrected chi connectivity index (χ2v) is 6.30. The van der Waals surface area contributed by atoms with Gasteiger partial charge in [-0.1, -0.05) is 11.6 Å². The highest BCUT2D eigenvalue weighted by atomic mass is 79.9. The van der Waals surface area contributed by atoms with Crippen LogP contribution in [0.4, 0.5) is 11.4 Å². The first-order chi connectivity index (χ1) is 11.9. The molecule has 0 aliphatic heterocycles. The zero-order chi connectivity index (χ0) is 18.4.